The minimum Gasteiger partial charge on any atom is -0.494 e. The van der Waals surface area contributed by atoms with Crippen molar-refractivity contribution in [3.05, 3.63) is 29.6 Å². The lowest BCUT2D eigenvalue weighted by molar-refractivity contribution is -0.117. The molecule has 0 amide bonds. The van der Waals surface area contributed by atoms with Gasteiger partial charge < -0.3 is 4.74 Å². The van der Waals surface area contributed by atoms with E-state index in [0.717, 1.165) is 0 Å². The summed E-state index contributed by atoms with van der Waals surface area (Å²) in [5.41, 5.74) is 0.550. The quantitative estimate of drug-likeness (QED) is 0.757. The molecule has 0 heterocycles. The zero-order valence-corrected chi connectivity index (χ0v) is 8.29. The number of benzene rings is 1. The van der Waals surface area contributed by atoms with Gasteiger partial charge in [0.05, 0.1) is 19.6 Å². The van der Waals surface area contributed by atoms with Crippen molar-refractivity contribution in [3.63, 3.8) is 0 Å². The van der Waals surface area contributed by atoms with Crippen LogP contribution in [-0.4, -0.2) is 12.9 Å². The topological polar surface area (TPSA) is 50.1 Å². The van der Waals surface area contributed by atoms with E-state index in [0.29, 0.717) is 5.56 Å². The largest absolute Gasteiger partial charge is 0.494 e. The van der Waals surface area contributed by atoms with E-state index in [1.807, 2.05) is 0 Å². The van der Waals surface area contributed by atoms with E-state index in [1.54, 1.807) is 12.1 Å². The fraction of sp³-hybridized carbons (Fsp3) is 0.273. The van der Waals surface area contributed by atoms with Crippen LogP contribution in [0.25, 0.3) is 0 Å². The summed E-state index contributed by atoms with van der Waals surface area (Å²) in [5, 5.41) is 8.29. The van der Waals surface area contributed by atoms with E-state index < -0.39 is 5.82 Å². The molecule has 0 aromatic heterocycles. The number of carbonyl (C=O) groups is 1. The number of hydrogen-bond acceptors (Lipinski definition) is 3. The first-order valence-electron chi connectivity index (χ1n) is 4.38. The third-order valence-electron chi connectivity index (χ3n) is 1.89. The van der Waals surface area contributed by atoms with E-state index in [2.05, 4.69) is 0 Å². The third-order valence-corrected chi connectivity index (χ3v) is 1.89. The molecule has 3 nitrogen and oxygen atoms in total. The number of Topliss-reactive ketones (excluding diaryl/α,β-unsaturated/α-hetero) is 1. The number of nitriles is 1. The van der Waals surface area contributed by atoms with Gasteiger partial charge in [-0.2, -0.15) is 5.26 Å². The molecule has 1 aromatic rings. The Morgan fingerprint density at radius 2 is 2.33 bits per heavy atom. The van der Waals surface area contributed by atoms with Gasteiger partial charge in [0.1, 0.15) is 0 Å². The molecule has 0 N–H and O–H groups in total. The Kier molecular flexibility index (Phi) is 3.81. The van der Waals surface area contributed by atoms with Gasteiger partial charge in [0, 0.05) is 6.42 Å². The van der Waals surface area contributed by atoms with E-state index in [1.165, 1.54) is 19.2 Å². The van der Waals surface area contributed by atoms with Crippen LogP contribution in [0.1, 0.15) is 12.0 Å². The summed E-state index contributed by atoms with van der Waals surface area (Å²) in [5.74, 6) is -0.576. The first kappa shape index (κ1) is 11.2. The predicted octanol–water partition coefficient (Wildman–Crippen LogP) is 1.86. The Hall–Kier alpha value is -1.89. The zero-order chi connectivity index (χ0) is 11.3. The second kappa shape index (κ2) is 5.11. The average molecular weight is 207 g/mol. The van der Waals surface area contributed by atoms with Crippen molar-refractivity contribution in [2.24, 2.45) is 0 Å². The van der Waals surface area contributed by atoms with Crippen LogP contribution in [0, 0.1) is 17.1 Å². The molecule has 15 heavy (non-hydrogen) atoms. The fourth-order valence-corrected chi connectivity index (χ4v) is 1.20. The third kappa shape index (κ3) is 3.06. The molecule has 0 aliphatic carbocycles. The average Bonchev–Trinajstić information content (AvgIpc) is 2.18. The van der Waals surface area contributed by atoms with Gasteiger partial charge in [-0.25, -0.2) is 4.39 Å². The van der Waals surface area contributed by atoms with Gasteiger partial charge in [-0.15, -0.1) is 0 Å². The monoisotopic (exact) mass is 207 g/mol. The van der Waals surface area contributed by atoms with Crippen molar-refractivity contribution in [2.75, 3.05) is 7.11 Å². The Labute approximate surface area is 87.1 Å². The van der Waals surface area contributed by atoms with Gasteiger partial charge in [-0.1, -0.05) is 6.07 Å². The number of hydrogen-bond donors (Lipinski definition) is 0. The fourth-order valence-electron chi connectivity index (χ4n) is 1.20. The number of methoxy groups -OCH3 is 1. The lowest BCUT2D eigenvalue weighted by Crippen LogP contribution is -2.01. The van der Waals surface area contributed by atoms with Gasteiger partial charge in [0.25, 0.3) is 0 Å². The highest BCUT2D eigenvalue weighted by atomic mass is 19.1. The van der Waals surface area contributed by atoms with E-state index in [9.17, 15) is 9.18 Å². The van der Waals surface area contributed by atoms with E-state index in [-0.39, 0.29) is 24.4 Å². The van der Waals surface area contributed by atoms with Gasteiger partial charge in [0.2, 0.25) is 0 Å². The van der Waals surface area contributed by atoms with Crippen LogP contribution in [0.5, 0.6) is 5.75 Å². The summed E-state index contributed by atoms with van der Waals surface area (Å²) in [4.78, 5) is 11.1. The number of rotatable bonds is 4. The van der Waals surface area contributed by atoms with Crippen LogP contribution in [0.2, 0.25) is 0 Å². The molecule has 0 saturated heterocycles. The van der Waals surface area contributed by atoms with Gasteiger partial charge in [0.15, 0.2) is 17.3 Å². The van der Waals surface area contributed by atoms with Crippen LogP contribution in [-0.2, 0) is 11.2 Å². The van der Waals surface area contributed by atoms with E-state index in [4.69, 9.17) is 10.00 Å². The Morgan fingerprint density at radius 3 is 2.87 bits per heavy atom. The molecule has 0 atom stereocenters. The first-order valence-corrected chi connectivity index (χ1v) is 4.38. The highest BCUT2D eigenvalue weighted by Gasteiger charge is 2.07. The summed E-state index contributed by atoms with van der Waals surface area (Å²) < 4.78 is 17.9. The molecule has 0 bridgehead atoms. The maximum atomic E-state index is 13.2. The molecule has 1 aromatic carbocycles. The number of ether oxygens (including phenoxy) is 1. The summed E-state index contributed by atoms with van der Waals surface area (Å²) in [6.07, 6.45) is -0.0673. The second-order valence-electron chi connectivity index (χ2n) is 3.02. The van der Waals surface area contributed by atoms with Crippen molar-refractivity contribution in [2.45, 2.75) is 12.8 Å². The normalized spacial score (nSPS) is 9.40. The van der Waals surface area contributed by atoms with Crippen LogP contribution in [0.4, 0.5) is 4.39 Å². The maximum Gasteiger partial charge on any atom is 0.165 e. The lowest BCUT2D eigenvalue weighted by Gasteiger charge is -2.03. The molecule has 0 unspecified atom stereocenters. The summed E-state index contributed by atoms with van der Waals surface area (Å²) in [7, 11) is 1.37. The highest BCUT2D eigenvalue weighted by Crippen LogP contribution is 2.18. The van der Waals surface area contributed by atoms with Crippen LogP contribution in [0.15, 0.2) is 18.2 Å². The van der Waals surface area contributed by atoms with E-state index >= 15 is 0 Å². The molecule has 0 saturated carbocycles. The minimum atomic E-state index is -0.500. The standard InChI is InChI=1S/C11H10FNO2/c1-15-11-3-2-8(7-10(11)12)6-9(14)4-5-13/h2-3,7H,4,6H2,1H3. The van der Waals surface area contributed by atoms with Crippen LogP contribution in [0.3, 0.4) is 0 Å². The second-order valence-corrected chi connectivity index (χ2v) is 3.02. The predicted molar refractivity (Wildman–Crippen MR) is 51.9 cm³/mol. The van der Waals surface area contributed by atoms with Gasteiger partial charge >= 0.3 is 0 Å². The Bertz CT molecular complexity index is 410. The molecule has 0 spiro atoms. The molecule has 4 heteroatoms. The number of carbonyl (C=O) groups excluding carboxylic acids is 1. The van der Waals surface area contributed by atoms with Gasteiger partial charge in [-0.3, -0.25) is 4.79 Å². The molecule has 78 valence electrons. The molecular weight excluding hydrogens is 197 g/mol. The van der Waals surface area contributed by atoms with Crippen molar-refractivity contribution >= 4 is 5.78 Å². The molecule has 0 fully saturated rings. The van der Waals surface area contributed by atoms with Crippen molar-refractivity contribution in [3.8, 4) is 11.8 Å². The SMILES string of the molecule is COc1ccc(CC(=O)CC#N)cc1F. The van der Waals surface area contributed by atoms with Crippen LogP contribution < -0.4 is 4.74 Å². The van der Waals surface area contributed by atoms with Gasteiger partial charge in [-0.05, 0) is 17.7 Å². The zero-order valence-electron chi connectivity index (χ0n) is 8.29. The minimum absolute atomic E-state index is 0.0779. The Morgan fingerprint density at radius 1 is 1.60 bits per heavy atom. The summed E-state index contributed by atoms with van der Waals surface area (Å²) in [6, 6.07) is 6.07. The molecule has 0 aliphatic heterocycles. The molecule has 0 radical (unpaired) electrons. The number of ketones is 1. The number of nitrogens with zero attached hydrogens (tertiary/aromatic N) is 1. The maximum absolute atomic E-state index is 13.2. The Balaban J connectivity index is 2.76. The highest BCUT2D eigenvalue weighted by molar-refractivity contribution is 5.82. The summed E-state index contributed by atoms with van der Waals surface area (Å²) in [6.45, 7) is 0. The van der Waals surface area contributed by atoms with Crippen LogP contribution >= 0.6 is 0 Å². The van der Waals surface area contributed by atoms with Crippen molar-refractivity contribution in [1.29, 1.82) is 5.26 Å². The lowest BCUT2D eigenvalue weighted by atomic mass is 10.1. The number of halogens is 1. The van der Waals surface area contributed by atoms with Crippen molar-refractivity contribution in [1.82, 2.24) is 0 Å². The van der Waals surface area contributed by atoms with Crippen molar-refractivity contribution < 1.29 is 13.9 Å². The molecule has 0 aliphatic rings. The summed E-state index contributed by atoms with van der Waals surface area (Å²) >= 11 is 0. The first-order chi connectivity index (χ1) is 7.17. The molecule has 1 rings (SSSR count). The molecular formula is C11H10FNO2. The smallest absolute Gasteiger partial charge is 0.165 e.